The molecule has 1 heterocycles. The van der Waals surface area contributed by atoms with E-state index in [1.807, 2.05) is 0 Å². The number of alkyl carbamates (subject to hydrolysis) is 1. The molecule has 1 saturated heterocycles. The van der Waals surface area contributed by atoms with E-state index in [1.165, 1.54) is 12.2 Å². The predicted octanol–water partition coefficient (Wildman–Crippen LogP) is 0.283. The van der Waals surface area contributed by atoms with Crippen LogP contribution in [0.1, 0.15) is 20.8 Å². The van der Waals surface area contributed by atoms with Crippen LogP contribution >= 0.6 is 0 Å². The molecule has 0 radical (unpaired) electrons. The molecule has 0 aromatic rings. The van der Waals surface area contributed by atoms with Crippen LogP contribution in [0.25, 0.3) is 0 Å². The molecule has 6 nitrogen and oxygen atoms in total. The van der Waals surface area contributed by atoms with E-state index in [1.54, 1.807) is 20.8 Å². The van der Waals surface area contributed by atoms with Gasteiger partial charge in [0.15, 0.2) is 0 Å². The fourth-order valence-corrected chi connectivity index (χ4v) is 1.12. The van der Waals surface area contributed by atoms with E-state index in [9.17, 15) is 9.59 Å². The standard InChI is InChI=1S/C9H16N2O4/c1-9(2,3)15-8(13)10-6-5-11(14-4)7(6)12/h6H,5H2,1-4H3,(H,10,13)/t6-/m1/s1. The Morgan fingerprint density at radius 2 is 2.13 bits per heavy atom. The molecule has 1 N–H and O–H groups in total. The number of hydrogen-bond donors (Lipinski definition) is 1. The van der Waals surface area contributed by atoms with Gasteiger partial charge in [-0.05, 0) is 20.8 Å². The molecule has 0 bridgehead atoms. The molecule has 1 fully saturated rings. The number of ether oxygens (including phenoxy) is 1. The number of hydrogen-bond acceptors (Lipinski definition) is 4. The van der Waals surface area contributed by atoms with E-state index >= 15 is 0 Å². The van der Waals surface area contributed by atoms with Crippen molar-refractivity contribution in [2.75, 3.05) is 13.7 Å². The third kappa shape index (κ3) is 3.09. The topological polar surface area (TPSA) is 67.9 Å². The van der Waals surface area contributed by atoms with Crippen molar-refractivity contribution in [3.8, 4) is 0 Å². The average molecular weight is 216 g/mol. The number of hydroxylamine groups is 2. The van der Waals surface area contributed by atoms with Crippen LogP contribution in [-0.4, -0.2) is 42.4 Å². The fourth-order valence-electron chi connectivity index (χ4n) is 1.12. The number of rotatable bonds is 2. The molecule has 0 spiro atoms. The highest BCUT2D eigenvalue weighted by atomic mass is 16.7. The molecular weight excluding hydrogens is 200 g/mol. The quantitative estimate of drug-likeness (QED) is 0.673. The Morgan fingerprint density at radius 1 is 1.53 bits per heavy atom. The molecule has 1 rings (SSSR count). The Kier molecular flexibility index (Phi) is 3.18. The summed E-state index contributed by atoms with van der Waals surface area (Å²) in [6.07, 6.45) is -0.586. The maximum atomic E-state index is 11.3. The number of nitrogens with zero attached hydrogens (tertiary/aromatic N) is 1. The first-order valence-corrected chi connectivity index (χ1v) is 4.68. The molecule has 0 aromatic carbocycles. The Balaban J connectivity index is 2.32. The third-order valence-electron chi connectivity index (χ3n) is 1.80. The molecule has 1 atom stereocenters. The van der Waals surface area contributed by atoms with Crippen molar-refractivity contribution in [3.05, 3.63) is 0 Å². The average Bonchev–Trinajstić information content (AvgIpc) is 2.08. The Hall–Kier alpha value is -1.30. The van der Waals surface area contributed by atoms with Crippen molar-refractivity contribution in [2.45, 2.75) is 32.4 Å². The summed E-state index contributed by atoms with van der Waals surface area (Å²) in [5.74, 6) is -0.261. The lowest BCUT2D eigenvalue weighted by atomic mass is 10.1. The molecule has 15 heavy (non-hydrogen) atoms. The van der Waals surface area contributed by atoms with Crippen LogP contribution in [0.2, 0.25) is 0 Å². The van der Waals surface area contributed by atoms with Gasteiger partial charge in [0.05, 0.1) is 13.7 Å². The zero-order valence-electron chi connectivity index (χ0n) is 9.36. The summed E-state index contributed by atoms with van der Waals surface area (Å²) in [5, 5.41) is 3.62. The van der Waals surface area contributed by atoms with Gasteiger partial charge in [-0.25, -0.2) is 9.86 Å². The molecule has 1 aliphatic rings. The lowest BCUT2D eigenvalue weighted by molar-refractivity contribution is -0.202. The number of nitrogens with one attached hydrogen (secondary N) is 1. The van der Waals surface area contributed by atoms with E-state index < -0.39 is 17.7 Å². The predicted molar refractivity (Wildman–Crippen MR) is 51.9 cm³/mol. The fraction of sp³-hybridized carbons (Fsp3) is 0.778. The van der Waals surface area contributed by atoms with Gasteiger partial charge < -0.3 is 10.1 Å². The van der Waals surface area contributed by atoms with E-state index in [0.29, 0.717) is 6.54 Å². The minimum absolute atomic E-state index is 0.261. The summed E-state index contributed by atoms with van der Waals surface area (Å²) < 4.78 is 5.00. The first-order valence-electron chi connectivity index (χ1n) is 4.68. The van der Waals surface area contributed by atoms with Crippen LogP contribution in [0.15, 0.2) is 0 Å². The van der Waals surface area contributed by atoms with Crippen molar-refractivity contribution >= 4 is 12.0 Å². The summed E-state index contributed by atoms with van der Waals surface area (Å²) in [6, 6.07) is -0.528. The highest BCUT2D eigenvalue weighted by molar-refractivity contribution is 5.90. The van der Waals surface area contributed by atoms with E-state index in [2.05, 4.69) is 5.32 Å². The van der Waals surface area contributed by atoms with Crippen LogP contribution in [0, 0.1) is 0 Å². The van der Waals surface area contributed by atoms with Gasteiger partial charge in [0.25, 0.3) is 5.91 Å². The Labute approximate surface area is 88.5 Å². The van der Waals surface area contributed by atoms with Gasteiger partial charge in [-0.2, -0.15) is 0 Å². The van der Waals surface area contributed by atoms with Gasteiger partial charge in [-0.15, -0.1) is 0 Å². The van der Waals surface area contributed by atoms with E-state index in [4.69, 9.17) is 9.57 Å². The van der Waals surface area contributed by atoms with Crippen molar-refractivity contribution < 1.29 is 19.2 Å². The number of carbonyl (C=O) groups excluding carboxylic acids is 2. The number of amides is 2. The van der Waals surface area contributed by atoms with Gasteiger partial charge in [0.2, 0.25) is 0 Å². The van der Waals surface area contributed by atoms with Gasteiger partial charge in [0.1, 0.15) is 11.6 Å². The summed E-state index contributed by atoms with van der Waals surface area (Å²) in [5.41, 5.74) is -0.558. The first kappa shape index (κ1) is 11.8. The molecule has 0 saturated carbocycles. The maximum absolute atomic E-state index is 11.3. The van der Waals surface area contributed by atoms with Crippen molar-refractivity contribution in [1.82, 2.24) is 10.4 Å². The second kappa shape index (κ2) is 4.06. The van der Waals surface area contributed by atoms with Gasteiger partial charge in [-0.1, -0.05) is 0 Å². The number of β-lactam (4-membered cyclic amide) rings is 1. The molecule has 0 aromatic heterocycles. The molecule has 86 valence electrons. The highest BCUT2D eigenvalue weighted by Gasteiger charge is 2.39. The molecule has 2 amide bonds. The highest BCUT2D eigenvalue weighted by Crippen LogP contribution is 2.11. The monoisotopic (exact) mass is 216 g/mol. The lowest BCUT2D eigenvalue weighted by Crippen LogP contribution is -2.63. The van der Waals surface area contributed by atoms with Gasteiger partial charge in [-0.3, -0.25) is 9.63 Å². The van der Waals surface area contributed by atoms with Crippen LogP contribution in [0.4, 0.5) is 4.79 Å². The molecule has 1 aliphatic heterocycles. The molecular formula is C9H16N2O4. The first-order chi connectivity index (χ1) is 6.83. The summed E-state index contributed by atoms with van der Waals surface area (Å²) >= 11 is 0. The normalized spacial score (nSPS) is 20.9. The maximum Gasteiger partial charge on any atom is 0.408 e. The summed E-state index contributed by atoms with van der Waals surface area (Å²) in [6.45, 7) is 5.64. The van der Waals surface area contributed by atoms with Crippen LogP contribution in [0.5, 0.6) is 0 Å². The van der Waals surface area contributed by atoms with Gasteiger partial charge in [0, 0.05) is 0 Å². The molecule has 6 heteroatoms. The van der Waals surface area contributed by atoms with Crippen molar-refractivity contribution in [2.24, 2.45) is 0 Å². The summed E-state index contributed by atoms with van der Waals surface area (Å²) in [4.78, 5) is 27.2. The van der Waals surface area contributed by atoms with Gasteiger partial charge >= 0.3 is 6.09 Å². The second-order valence-electron chi connectivity index (χ2n) is 4.28. The number of carbonyl (C=O) groups is 2. The lowest BCUT2D eigenvalue weighted by Gasteiger charge is -2.36. The zero-order chi connectivity index (χ0) is 11.6. The van der Waals surface area contributed by atoms with E-state index in [0.717, 1.165) is 0 Å². The summed E-state index contributed by atoms with van der Waals surface area (Å²) in [7, 11) is 1.40. The van der Waals surface area contributed by atoms with Crippen molar-refractivity contribution in [1.29, 1.82) is 0 Å². The Morgan fingerprint density at radius 3 is 2.53 bits per heavy atom. The SMILES string of the molecule is CON1C[C@@H](NC(=O)OC(C)(C)C)C1=O. The van der Waals surface area contributed by atoms with Crippen LogP contribution in [0.3, 0.4) is 0 Å². The second-order valence-corrected chi connectivity index (χ2v) is 4.28. The van der Waals surface area contributed by atoms with Crippen LogP contribution < -0.4 is 5.32 Å². The Bertz CT molecular complexity index is 272. The van der Waals surface area contributed by atoms with E-state index in [-0.39, 0.29) is 5.91 Å². The minimum atomic E-state index is -0.586. The zero-order valence-corrected chi connectivity index (χ0v) is 9.36. The largest absolute Gasteiger partial charge is 0.444 e. The third-order valence-corrected chi connectivity index (χ3v) is 1.80. The minimum Gasteiger partial charge on any atom is -0.444 e. The van der Waals surface area contributed by atoms with Crippen molar-refractivity contribution in [3.63, 3.8) is 0 Å². The smallest absolute Gasteiger partial charge is 0.408 e. The molecule has 0 unspecified atom stereocenters. The van der Waals surface area contributed by atoms with Crippen LogP contribution in [-0.2, 0) is 14.4 Å². The molecule has 0 aliphatic carbocycles.